The van der Waals surface area contributed by atoms with Crippen LogP contribution >= 0.6 is 11.3 Å². The SMILES string of the molecule is CC(=O)Nc1cc(NCc2ccc(C)s2)ccc1F. The van der Waals surface area contributed by atoms with Crippen molar-refractivity contribution in [2.24, 2.45) is 0 Å². The minimum Gasteiger partial charge on any atom is -0.380 e. The molecule has 0 spiro atoms. The van der Waals surface area contributed by atoms with Crippen LogP contribution < -0.4 is 10.6 Å². The zero-order valence-corrected chi connectivity index (χ0v) is 11.6. The van der Waals surface area contributed by atoms with E-state index in [1.807, 2.05) is 0 Å². The summed E-state index contributed by atoms with van der Waals surface area (Å²) < 4.78 is 13.5. The van der Waals surface area contributed by atoms with Crippen LogP contribution in [0.5, 0.6) is 0 Å². The van der Waals surface area contributed by atoms with Crippen molar-refractivity contribution in [2.75, 3.05) is 10.6 Å². The van der Waals surface area contributed by atoms with Crippen molar-refractivity contribution in [2.45, 2.75) is 20.4 Å². The molecule has 0 radical (unpaired) electrons. The van der Waals surface area contributed by atoms with Crippen LogP contribution in [0.25, 0.3) is 0 Å². The quantitative estimate of drug-likeness (QED) is 0.894. The summed E-state index contributed by atoms with van der Waals surface area (Å²) in [5.41, 5.74) is 0.969. The fraction of sp³-hybridized carbons (Fsp3) is 0.214. The van der Waals surface area contributed by atoms with Crippen molar-refractivity contribution in [1.82, 2.24) is 0 Å². The Morgan fingerprint density at radius 1 is 1.32 bits per heavy atom. The second-order valence-corrected chi connectivity index (χ2v) is 5.61. The number of rotatable bonds is 4. The third-order valence-corrected chi connectivity index (χ3v) is 3.54. The van der Waals surface area contributed by atoms with Gasteiger partial charge < -0.3 is 10.6 Å². The third kappa shape index (κ3) is 3.79. The Labute approximate surface area is 115 Å². The van der Waals surface area contributed by atoms with Crippen molar-refractivity contribution < 1.29 is 9.18 Å². The van der Waals surface area contributed by atoms with Crippen molar-refractivity contribution in [3.63, 3.8) is 0 Å². The molecule has 1 aromatic heterocycles. The number of hydrogen-bond acceptors (Lipinski definition) is 3. The molecule has 0 aliphatic rings. The van der Waals surface area contributed by atoms with Gasteiger partial charge in [-0.15, -0.1) is 11.3 Å². The highest BCUT2D eigenvalue weighted by Gasteiger charge is 2.05. The Morgan fingerprint density at radius 2 is 2.11 bits per heavy atom. The summed E-state index contributed by atoms with van der Waals surface area (Å²) in [7, 11) is 0. The molecule has 0 saturated carbocycles. The van der Waals surface area contributed by atoms with Gasteiger partial charge in [0.15, 0.2) is 0 Å². The van der Waals surface area contributed by atoms with E-state index in [9.17, 15) is 9.18 Å². The van der Waals surface area contributed by atoms with Gasteiger partial charge in [-0.3, -0.25) is 4.79 Å². The number of halogens is 1. The Hall–Kier alpha value is -1.88. The second kappa shape index (κ2) is 5.84. The molecule has 19 heavy (non-hydrogen) atoms. The fourth-order valence-electron chi connectivity index (χ4n) is 1.69. The van der Waals surface area contributed by atoms with Crippen LogP contribution in [0.3, 0.4) is 0 Å². The normalized spacial score (nSPS) is 10.3. The molecule has 0 bridgehead atoms. The summed E-state index contributed by atoms with van der Waals surface area (Å²) in [6.07, 6.45) is 0. The van der Waals surface area contributed by atoms with Gasteiger partial charge in [0, 0.05) is 28.9 Å². The lowest BCUT2D eigenvalue weighted by Crippen LogP contribution is -2.08. The number of benzene rings is 1. The lowest BCUT2D eigenvalue weighted by Gasteiger charge is -2.09. The molecule has 0 aliphatic carbocycles. The molecule has 0 unspecified atom stereocenters. The maximum Gasteiger partial charge on any atom is 0.221 e. The summed E-state index contributed by atoms with van der Waals surface area (Å²) in [4.78, 5) is 13.4. The predicted octanol–water partition coefficient (Wildman–Crippen LogP) is 3.77. The van der Waals surface area contributed by atoms with Crippen LogP contribution in [0.2, 0.25) is 0 Å². The highest BCUT2D eigenvalue weighted by molar-refractivity contribution is 7.11. The van der Waals surface area contributed by atoms with E-state index < -0.39 is 5.82 Å². The monoisotopic (exact) mass is 278 g/mol. The smallest absolute Gasteiger partial charge is 0.221 e. The van der Waals surface area contributed by atoms with Crippen LogP contribution in [0.15, 0.2) is 30.3 Å². The van der Waals surface area contributed by atoms with E-state index in [1.165, 1.54) is 22.7 Å². The van der Waals surface area contributed by atoms with Crippen molar-refractivity contribution in [3.05, 3.63) is 45.9 Å². The Kier molecular flexibility index (Phi) is 4.16. The van der Waals surface area contributed by atoms with E-state index in [1.54, 1.807) is 23.5 Å². The number of aryl methyl sites for hydroxylation is 1. The van der Waals surface area contributed by atoms with Gasteiger partial charge in [0.05, 0.1) is 5.69 Å². The van der Waals surface area contributed by atoms with Gasteiger partial charge in [-0.2, -0.15) is 0 Å². The average Bonchev–Trinajstić information content (AvgIpc) is 2.75. The molecule has 2 rings (SSSR count). The zero-order chi connectivity index (χ0) is 13.8. The molecule has 0 saturated heterocycles. The van der Waals surface area contributed by atoms with E-state index >= 15 is 0 Å². The summed E-state index contributed by atoms with van der Waals surface area (Å²) in [6, 6.07) is 8.71. The molecular weight excluding hydrogens is 263 g/mol. The van der Waals surface area contributed by atoms with Gasteiger partial charge in [-0.25, -0.2) is 4.39 Å². The largest absolute Gasteiger partial charge is 0.380 e. The van der Waals surface area contributed by atoms with Gasteiger partial charge in [-0.1, -0.05) is 0 Å². The molecule has 3 nitrogen and oxygen atoms in total. The standard InChI is InChI=1S/C14H15FN2OS/c1-9-3-5-12(19-9)8-16-11-4-6-13(15)14(7-11)17-10(2)18/h3-7,16H,8H2,1-2H3,(H,17,18). The first-order valence-corrected chi connectivity index (χ1v) is 6.72. The molecule has 0 fully saturated rings. The number of amides is 1. The molecule has 100 valence electrons. The van der Waals surface area contributed by atoms with Gasteiger partial charge >= 0.3 is 0 Å². The van der Waals surface area contributed by atoms with E-state index in [-0.39, 0.29) is 11.6 Å². The number of anilines is 2. The number of nitrogens with one attached hydrogen (secondary N) is 2. The topological polar surface area (TPSA) is 41.1 Å². The summed E-state index contributed by atoms with van der Waals surface area (Å²) in [5.74, 6) is -0.724. The number of carbonyl (C=O) groups is 1. The first-order valence-electron chi connectivity index (χ1n) is 5.91. The molecule has 0 aliphatic heterocycles. The summed E-state index contributed by atoms with van der Waals surface area (Å²) >= 11 is 1.72. The molecular formula is C14H15FN2OS. The predicted molar refractivity (Wildman–Crippen MR) is 77.1 cm³/mol. The Morgan fingerprint density at radius 3 is 2.74 bits per heavy atom. The van der Waals surface area contributed by atoms with E-state index in [2.05, 4.69) is 29.7 Å². The average molecular weight is 278 g/mol. The minimum absolute atomic E-state index is 0.194. The molecule has 1 amide bonds. The van der Waals surface area contributed by atoms with E-state index in [0.29, 0.717) is 6.54 Å². The first kappa shape index (κ1) is 13.5. The maximum absolute atomic E-state index is 13.5. The highest BCUT2D eigenvalue weighted by atomic mass is 32.1. The molecule has 5 heteroatoms. The molecule has 1 aromatic carbocycles. The lowest BCUT2D eigenvalue weighted by atomic mass is 10.2. The van der Waals surface area contributed by atoms with Crippen LogP contribution in [-0.2, 0) is 11.3 Å². The van der Waals surface area contributed by atoms with Crippen molar-refractivity contribution in [3.8, 4) is 0 Å². The maximum atomic E-state index is 13.5. The van der Waals surface area contributed by atoms with Gasteiger partial charge in [0.1, 0.15) is 5.82 Å². The van der Waals surface area contributed by atoms with E-state index in [4.69, 9.17) is 0 Å². The van der Waals surface area contributed by atoms with Crippen LogP contribution in [0.4, 0.5) is 15.8 Å². The summed E-state index contributed by atoms with van der Waals surface area (Å²) in [5, 5.41) is 5.67. The third-order valence-electron chi connectivity index (χ3n) is 2.54. The number of hydrogen-bond donors (Lipinski definition) is 2. The van der Waals surface area contributed by atoms with E-state index in [0.717, 1.165) is 5.69 Å². The lowest BCUT2D eigenvalue weighted by molar-refractivity contribution is -0.114. The van der Waals surface area contributed by atoms with Crippen LogP contribution in [-0.4, -0.2) is 5.91 Å². The minimum atomic E-state index is -0.437. The van der Waals surface area contributed by atoms with Crippen molar-refractivity contribution in [1.29, 1.82) is 0 Å². The number of thiophene rings is 1. The zero-order valence-electron chi connectivity index (χ0n) is 10.8. The second-order valence-electron chi connectivity index (χ2n) is 4.24. The van der Waals surface area contributed by atoms with Gasteiger partial charge in [0.2, 0.25) is 5.91 Å². The summed E-state index contributed by atoms with van der Waals surface area (Å²) in [6.45, 7) is 4.10. The molecule has 1 heterocycles. The Bertz CT molecular complexity index is 595. The van der Waals surface area contributed by atoms with Crippen molar-refractivity contribution >= 4 is 28.6 Å². The number of carbonyl (C=O) groups excluding carboxylic acids is 1. The first-order chi connectivity index (χ1) is 9.04. The molecule has 2 N–H and O–H groups in total. The highest BCUT2D eigenvalue weighted by Crippen LogP contribution is 2.21. The molecule has 2 aromatic rings. The fourth-order valence-corrected chi connectivity index (χ4v) is 2.52. The van der Waals surface area contributed by atoms with Crippen LogP contribution in [0, 0.1) is 12.7 Å². The van der Waals surface area contributed by atoms with Gasteiger partial charge in [-0.05, 0) is 37.3 Å². The molecule has 0 atom stereocenters. The van der Waals surface area contributed by atoms with Crippen LogP contribution in [0.1, 0.15) is 16.7 Å². The van der Waals surface area contributed by atoms with Gasteiger partial charge in [0.25, 0.3) is 0 Å². The Balaban J connectivity index is 2.06.